The summed E-state index contributed by atoms with van der Waals surface area (Å²) >= 11 is 0. The first-order chi connectivity index (χ1) is 9.33. The van der Waals surface area contributed by atoms with Gasteiger partial charge in [-0.15, -0.1) is 0 Å². The van der Waals surface area contributed by atoms with Crippen LogP contribution in [-0.4, -0.2) is 48.4 Å². The number of nitrogens with one attached hydrogen (secondary N) is 1. The highest BCUT2D eigenvalue weighted by molar-refractivity contribution is 5.92. The van der Waals surface area contributed by atoms with Crippen LogP contribution in [0.15, 0.2) is 24.9 Å². The molecule has 1 rings (SSSR count). The lowest BCUT2D eigenvalue weighted by molar-refractivity contribution is -0.125. The molecular formula is C15H27N3O2. The Morgan fingerprint density at radius 3 is 2.40 bits per heavy atom. The number of rotatable bonds is 5. The van der Waals surface area contributed by atoms with Gasteiger partial charge in [0.1, 0.15) is 0 Å². The van der Waals surface area contributed by atoms with Gasteiger partial charge in [0, 0.05) is 18.5 Å². The predicted octanol–water partition coefficient (Wildman–Crippen LogP) is 1.73. The lowest BCUT2D eigenvalue weighted by Gasteiger charge is -2.23. The van der Waals surface area contributed by atoms with Crippen molar-refractivity contribution in [2.75, 3.05) is 20.6 Å². The maximum Gasteiger partial charge on any atom is 0.247 e. The van der Waals surface area contributed by atoms with Crippen LogP contribution in [-0.2, 0) is 9.59 Å². The molecule has 0 aromatic heterocycles. The molecule has 1 unspecified atom stereocenters. The van der Waals surface area contributed by atoms with Crippen molar-refractivity contribution in [3.05, 3.63) is 24.9 Å². The quantitative estimate of drug-likeness (QED) is 0.617. The number of carbonyl (C=O) groups is 2. The average Bonchev–Trinajstić information content (AvgIpc) is 2.81. The molecule has 0 saturated carbocycles. The third kappa shape index (κ3) is 6.52. The number of nitrogens with zero attached hydrogens (tertiary/aromatic N) is 2. The minimum atomic E-state index is -0.0736. The first-order valence-electron chi connectivity index (χ1n) is 6.88. The molecule has 1 N–H and O–H groups in total. The fourth-order valence-corrected chi connectivity index (χ4v) is 1.73. The molecule has 0 radical (unpaired) electrons. The summed E-state index contributed by atoms with van der Waals surface area (Å²) in [7, 11) is 3.87. The minimum absolute atomic E-state index is 0.0736. The second-order valence-electron chi connectivity index (χ2n) is 5.01. The van der Waals surface area contributed by atoms with Crippen molar-refractivity contribution in [3.8, 4) is 0 Å². The van der Waals surface area contributed by atoms with Crippen molar-refractivity contribution in [2.24, 2.45) is 0 Å². The van der Waals surface area contributed by atoms with Crippen LogP contribution in [0.5, 0.6) is 0 Å². The van der Waals surface area contributed by atoms with Crippen LogP contribution < -0.4 is 5.32 Å². The molecule has 0 spiro atoms. The summed E-state index contributed by atoms with van der Waals surface area (Å²) in [5.74, 6) is 0.135. The van der Waals surface area contributed by atoms with Crippen molar-refractivity contribution < 1.29 is 9.59 Å². The number of hydrogen-bond donors (Lipinski definition) is 1. The number of amides is 2. The third-order valence-corrected chi connectivity index (χ3v) is 3.03. The van der Waals surface area contributed by atoms with Crippen LogP contribution in [0.3, 0.4) is 0 Å². The molecule has 1 heterocycles. The normalized spacial score (nSPS) is 15.4. The zero-order valence-electron chi connectivity index (χ0n) is 13.1. The van der Waals surface area contributed by atoms with Crippen molar-refractivity contribution in [1.29, 1.82) is 0 Å². The Balaban J connectivity index is 0.000000388. The van der Waals surface area contributed by atoms with Gasteiger partial charge in [0.25, 0.3) is 0 Å². The van der Waals surface area contributed by atoms with Crippen molar-refractivity contribution >= 4 is 11.8 Å². The van der Waals surface area contributed by atoms with Crippen molar-refractivity contribution in [3.63, 3.8) is 0 Å². The Bertz CT molecular complexity index is 364. The fourth-order valence-electron chi connectivity index (χ4n) is 1.73. The van der Waals surface area contributed by atoms with Gasteiger partial charge >= 0.3 is 0 Å². The molecule has 0 aromatic carbocycles. The third-order valence-electron chi connectivity index (χ3n) is 3.03. The Labute approximate surface area is 122 Å². The molecule has 1 aliphatic heterocycles. The largest absolute Gasteiger partial charge is 0.337 e. The van der Waals surface area contributed by atoms with E-state index in [1.165, 1.54) is 0 Å². The molecule has 5 heteroatoms. The molecule has 0 bridgehead atoms. The number of hydrogen-bond acceptors (Lipinski definition) is 3. The minimum Gasteiger partial charge on any atom is -0.337 e. The van der Waals surface area contributed by atoms with Gasteiger partial charge in [-0.1, -0.05) is 20.1 Å². The molecule has 0 aliphatic carbocycles. The molecule has 20 heavy (non-hydrogen) atoms. The smallest absolute Gasteiger partial charge is 0.247 e. The highest BCUT2D eigenvalue weighted by Crippen LogP contribution is 2.08. The monoisotopic (exact) mass is 281 g/mol. The van der Waals surface area contributed by atoms with Gasteiger partial charge in [-0.2, -0.15) is 0 Å². The first kappa shape index (κ1) is 18.4. The van der Waals surface area contributed by atoms with E-state index >= 15 is 0 Å². The Morgan fingerprint density at radius 2 is 2.15 bits per heavy atom. The summed E-state index contributed by atoms with van der Waals surface area (Å²) < 4.78 is 0. The average molecular weight is 281 g/mol. The van der Waals surface area contributed by atoms with E-state index in [9.17, 15) is 9.59 Å². The molecular weight excluding hydrogens is 254 g/mol. The highest BCUT2D eigenvalue weighted by atomic mass is 16.2. The van der Waals surface area contributed by atoms with Gasteiger partial charge in [0.2, 0.25) is 11.8 Å². The van der Waals surface area contributed by atoms with E-state index in [-0.39, 0.29) is 18.0 Å². The van der Waals surface area contributed by atoms with Gasteiger partial charge in [-0.25, -0.2) is 0 Å². The van der Waals surface area contributed by atoms with E-state index in [0.717, 1.165) is 19.4 Å². The predicted molar refractivity (Wildman–Crippen MR) is 81.9 cm³/mol. The van der Waals surface area contributed by atoms with Crippen molar-refractivity contribution in [1.82, 2.24) is 15.1 Å². The number of carbonyl (C=O) groups excluding carboxylic acids is 2. The topological polar surface area (TPSA) is 52.7 Å². The molecule has 114 valence electrons. The van der Waals surface area contributed by atoms with Crippen LogP contribution in [0, 0.1) is 0 Å². The number of likely N-dealkylation sites (tertiary alicyclic amines) is 1. The van der Waals surface area contributed by atoms with Crippen LogP contribution in [0.4, 0.5) is 0 Å². The van der Waals surface area contributed by atoms with Gasteiger partial charge in [0.05, 0.1) is 6.17 Å². The van der Waals surface area contributed by atoms with Crippen molar-refractivity contribution in [2.45, 2.75) is 39.3 Å². The lowest BCUT2D eigenvalue weighted by atomic mass is 10.3. The molecule has 1 aliphatic rings. The van der Waals surface area contributed by atoms with Gasteiger partial charge < -0.3 is 10.2 Å². The van der Waals surface area contributed by atoms with Gasteiger partial charge in [-0.05, 0) is 40.1 Å². The molecule has 5 nitrogen and oxygen atoms in total. The Morgan fingerprint density at radius 1 is 1.55 bits per heavy atom. The summed E-state index contributed by atoms with van der Waals surface area (Å²) in [6.07, 6.45) is 4.28. The van der Waals surface area contributed by atoms with Crippen LogP contribution >= 0.6 is 0 Å². The second kappa shape index (κ2) is 9.31. The summed E-state index contributed by atoms with van der Waals surface area (Å²) in [5, 5.41) is 2.85. The van der Waals surface area contributed by atoms with E-state index in [1.807, 2.05) is 25.9 Å². The zero-order chi connectivity index (χ0) is 15.7. The Kier molecular flexibility index (Phi) is 8.56. The van der Waals surface area contributed by atoms with E-state index < -0.39 is 0 Å². The fraction of sp³-hybridized carbons (Fsp3) is 0.600. The van der Waals surface area contributed by atoms with E-state index in [1.54, 1.807) is 18.0 Å². The summed E-state index contributed by atoms with van der Waals surface area (Å²) in [4.78, 5) is 25.5. The Hall–Kier alpha value is -1.62. The molecule has 0 aromatic rings. The van der Waals surface area contributed by atoms with Crippen LogP contribution in [0.25, 0.3) is 0 Å². The van der Waals surface area contributed by atoms with Crippen LogP contribution in [0.2, 0.25) is 0 Å². The standard InChI is InChI=1S/C9H18N2O.C6H9NO/c1-6-8(11(4)5)10-9(12)7(2)3;1-2-7-5-3-4-6(7)8/h8H,2,6H2,1,3-5H3,(H,10,12);2H,1,3-5H2. The first-order valence-corrected chi connectivity index (χ1v) is 6.88. The molecule has 1 saturated heterocycles. The summed E-state index contributed by atoms with van der Waals surface area (Å²) in [5.41, 5.74) is 0.551. The van der Waals surface area contributed by atoms with E-state index in [2.05, 4.69) is 18.5 Å². The van der Waals surface area contributed by atoms with Gasteiger partial charge in [0.15, 0.2) is 0 Å². The second-order valence-corrected chi connectivity index (χ2v) is 5.01. The maximum atomic E-state index is 11.2. The SMILES string of the molecule is C=C(C)C(=O)NC(CC)N(C)C.C=CN1CCCC1=O. The molecule has 1 atom stereocenters. The van der Waals surface area contributed by atoms with E-state index in [0.29, 0.717) is 12.0 Å². The van der Waals surface area contributed by atoms with Crippen LogP contribution in [0.1, 0.15) is 33.1 Å². The lowest BCUT2D eigenvalue weighted by Crippen LogP contribution is -2.44. The van der Waals surface area contributed by atoms with Gasteiger partial charge in [-0.3, -0.25) is 14.5 Å². The van der Waals surface area contributed by atoms with E-state index in [4.69, 9.17) is 0 Å². The highest BCUT2D eigenvalue weighted by Gasteiger charge is 2.16. The molecule has 2 amide bonds. The summed E-state index contributed by atoms with van der Waals surface area (Å²) in [6, 6.07) is 0. The summed E-state index contributed by atoms with van der Waals surface area (Å²) in [6.45, 7) is 11.7. The maximum absolute atomic E-state index is 11.2. The molecule has 1 fully saturated rings. The zero-order valence-corrected chi connectivity index (χ0v) is 13.1.